The highest BCUT2D eigenvalue weighted by Crippen LogP contribution is 2.14. The fourth-order valence-corrected chi connectivity index (χ4v) is 2.77. The molecule has 0 saturated heterocycles. The molecule has 7 heteroatoms. The summed E-state index contributed by atoms with van der Waals surface area (Å²) in [6.45, 7) is 3.28. The van der Waals surface area contributed by atoms with Gasteiger partial charge in [0.05, 0.1) is 18.8 Å². The molecule has 0 spiro atoms. The molecule has 0 aliphatic carbocycles. The number of guanidine groups is 1. The van der Waals surface area contributed by atoms with E-state index in [1.165, 1.54) is 5.69 Å². The van der Waals surface area contributed by atoms with Crippen LogP contribution in [0.1, 0.15) is 17.2 Å². The zero-order valence-corrected chi connectivity index (χ0v) is 14.9. The molecule has 0 aromatic carbocycles. The van der Waals surface area contributed by atoms with Crippen molar-refractivity contribution in [3.05, 3.63) is 46.2 Å². The molecular weight excluding hydrogens is 344 g/mol. The second-order valence-corrected chi connectivity index (χ2v) is 6.03. The quantitative estimate of drug-likeness (QED) is 0.666. The van der Waals surface area contributed by atoms with Gasteiger partial charge in [-0.3, -0.25) is 4.99 Å². The average molecular weight is 365 g/mol. The SMILES string of the molecule is CN=C(NCc1ccnc(C)n1)N(C)Cc1cc(Br)cn1C. The van der Waals surface area contributed by atoms with E-state index in [0.29, 0.717) is 6.54 Å². The summed E-state index contributed by atoms with van der Waals surface area (Å²) in [7, 11) is 5.83. The third-order valence-corrected chi connectivity index (χ3v) is 3.74. The van der Waals surface area contributed by atoms with Crippen molar-refractivity contribution in [2.24, 2.45) is 12.0 Å². The van der Waals surface area contributed by atoms with Crippen LogP contribution in [0.4, 0.5) is 0 Å². The molecule has 0 aliphatic rings. The Balaban J connectivity index is 1.97. The van der Waals surface area contributed by atoms with Crippen molar-refractivity contribution in [2.75, 3.05) is 14.1 Å². The van der Waals surface area contributed by atoms with E-state index in [9.17, 15) is 0 Å². The molecule has 0 atom stereocenters. The minimum absolute atomic E-state index is 0.622. The molecule has 2 rings (SSSR count). The minimum Gasteiger partial charge on any atom is -0.352 e. The lowest BCUT2D eigenvalue weighted by Crippen LogP contribution is -2.38. The van der Waals surface area contributed by atoms with E-state index in [2.05, 4.69) is 51.7 Å². The van der Waals surface area contributed by atoms with Crippen LogP contribution in [0.2, 0.25) is 0 Å². The molecule has 2 aromatic rings. The molecule has 2 heterocycles. The summed E-state index contributed by atoms with van der Waals surface area (Å²) < 4.78 is 3.18. The van der Waals surface area contributed by atoms with Crippen molar-refractivity contribution in [3.8, 4) is 0 Å². The van der Waals surface area contributed by atoms with Crippen molar-refractivity contribution in [2.45, 2.75) is 20.0 Å². The van der Waals surface area contributed by atoms with Crippen LogP contribution >= 0.6 is 15.9 Å². The van der Waals surface area contributed by atoms with E-state index in [4.69, 9.17) is 0 Å². The van der Waals surface area contributed by atoms with E-state index >= 15 is 0 Å². The van der Waals surface area contributed by atoms with E-state index in [-0.39, 0.29) is 0 Å². The molecule has 118 valence electrons. The molecular formula is C15H21BrN6. The minimum atomic E-state index is 0.622. The Labute approximate surface area is 139 Å². The monoisotopic (exact) mass is 364 g/mol. The summed E-state index contributed by atoms with van der Waals surface area (Å²) in [6, 6.07) is 4.01. The number of hydrogen-bond donors (Lipinski definition) is 1. The fraction of sp³-hybridized carbons (Fsp3) is 0.400. The average Bonchev–Trinajstić information content (AvgIpc) is 2.77. The zero-order chi connectivity index (χ0) is 16.1. The molecule has 0 radical (unpaired) electrons. The standard InChI is InChI=1S/C15H21BrN6/c1-11-18-6-5-13(20-11)8-19-15(17-2)22(4)10-14-7-12(16)9-21(14)3/h5-7,9H,8,10H2,1-4H3,(H,17,19). The van der Waals surface area contributed by atoms with Gasteiger partial charge in [0, 0.05) is 43.7 Å². The van der Waals surface area contributed by atoms with Gasteiger partial charge in [0.15, 0.2) is 5.96 Å². The van der Waals surface area contributed by atoms with Gasteiger partial charge in [-0.15, -0.1) is 0 Å². The van der Waals surface area contributed by atoms with Gasteiger partial charge in [-0.25, -0.2) is 9.97 Å². The summed E-state index contributed by atoms with van der Waals surface area (Å²) in [5.74, 6) is 1.60. The Morgan fingerprint density at radius 1 is 1.50 bits per heavy atom. The van der Waals surface area contributed by atoms with Crippen LogP contribution in [0.5, 0.6) is 0 Å². The predicted molar refractivity (Wildman–Crippen MR) is 91.5 cm³/mol. The Morgan fingerprint density at radius 3 is 2.86 bits per heavy atom. The zero-order valence-electron chi connectivity index (χ0n) is 13.3. The molecule has 2 aromatic heterocycles. The lowest BCUT2D eigenvalue weighted by Gasteiger charge is -2.22. The Kier molecular flexibility index (Phi) is 5.54. The first-order valence-corrected chi connectivity index (χ1v) is 7.80. The third kappa shape index (κ3) is 4.30. The summed E-state index contributed by atoms with van der Waals surface area (Å²) in [5.41, 5.74) is 2.15. The fourth-order valence-electron chi connectivity index (χ4n) is 2.20. The Hall–Kier alpha value is -1.89. The lowest BCUT2D eigenvalue weighted by atomic mass is 10.4. The van der Waals surface area contributed by atoms with Crippen molar-refractivity contribution >= 4 is 21.9 Å². The summed E-state index contributed by atoms with van der Waals surface area (Å²) in [4.78, 5) is 14.9. The van der Waals surface area contributed by atoms with E-state index in [1.807, 2.05) is 33.3 Å². The highest BCUT2D eigenvalue weighted by Gasteiger charge is 2.09. The molecule has 0 aliphatic heterocycles. The van der Waals surface area contributed by atoms with Gasteiger partial charge in [0.1, 0.15) is 5.82 Å². The van der Waals surface area contributed by atoms with Gasteiger partial charge in [-0.05, 0) is 35.0 Å². The van der Waals surface area contributed by atoms with Crippen molar-refractivity contribution in [1.82, 2.24) is 24.8 Å². The van der Waals surface area contributed by atoms with Crippen LogP contribution in [0.15, 0.2) is 34.0 Å². The number of halogens is 1. The maximum atomic E-state index is 4.38. The second-order valence-electron chi connectivity index (χ2n) is 5.11. The highest BCUT2D eigenvalue weighted by atomic mass is 79.9. The van der Waals surface area contributed by atoms with Crippen molar-refractivity contribution in [1.29, 1.82) is 0 Å². The molecule has 1 N–H and O–H groups in total. The number of aryl methyl sites for hydroxylation is 2. The number of nitrogens with one attached hydrogen (secondary N) is 1. The molecule has 6 nitrogen and oxygen atoms in total. The van der Waals surface area contributed by atoms with Gasteiger partial charge >= 0.3 is 0 Å². The van der Waals surface area contributed by atoms with E-state index < -0.39 is 0 Å². The third-order valence-electron chi connectivity index (χ3n) is 3.31. The maximum Gasteiger partial charge on any atom is 0.194 e. The molecule has 0 saturated carbocycles. The first-order valence-electron chi connectivity index (χ1n) is 7.00. The van der Waals surface area contributed by atoms with Crippen molar-refractivity contribution in [3.63, 3.8) is 0 Å². The normalized spacial score (nSPS) is 11.6. The van der Waals surface area contributed by atoms with E-state index in [1.54, 1.807) is 13.2 Å². The molecule has 0 unspecified atom stereocenters. The summed E-state index contributed by atoms with van der Waals surface area (Å²) in [5, 5.41) is 3.32. The van der Waals surface area contributed by atoms with Crippen LogP contribution in [-0.2, 0) is 20.1 Å². The number of nitrogens with zero attached hydrogens (tertiary/aromatic N) is 5. The first kappa shape index (κ1) is 16.5. The smallest absolute Gasteiger partial charge is 0.194 e. The molecule has 22 heavy (non-hydrogen) atoms. The van der Waals surface area contributed by atoms with Gasteiger partial charge in [0.25, 0.3) is 0 Å². The van der Waals surface area contributed by atoms with Gasteiger partial charge in [0.2, 0.25) is 0 Å². The van der Waals surface area contributed by atoms with Crippen LogP contribution in [-0.4, -0.2) is 39.5 Å². The van der Waals surface area contributed by atoms with Gasteiger partial charge < -0.3 is 14.8 Å². The number of rotatable bonds is 4. The predicted octanol–water partition coefficient (Wildman–Crippen LogP) is 2.09. The highest BCUT2D eigenvalue weighted by molar-refractivity contribution is 9.10. The largest absolute Gasteiger partial charge is 0.352 e. The van der Waals surface area contributed by atoms with Crippen LogP contribution in [0.3, 0.4) is 0 Å². The van der Waals surface area contributed by atoms with Gasteiger partial charge in [-0.2, -0.15) is 0 Å². The van der Waals surface area contributed by atoms with Crippen LogP contribution in [0, 0.1) is 6.92 Å². The molecule has 0 bridgehead atoms. The number of hydrogen-bond acceptors (Lipinski definition) is 3. The summed E-state index contributed by atoms with van der Waals surface area (Å²) >= 11 is 3.50. The molecule has 0 fully saturated rings. The van der Waals surface area contributed by atoms with E-state index in [0.717, 1.165) is 28.5 Å². The maximum absolute atomic E-state index is 4.38. The topological polar surface area (TPSA) is 58.3 Å². The van der Waals surface area contributed by atoms with Crippen LogP contribution < -0.4 is 5.32 Å². The Bertz CT molecular complexity index is 664. The first-order chi connectivity index (χ1) is 10.5. The number of aromatic nitrogens is 3. The van der Waals surface area contributed by atoms with Crippen molar-refractivity contribution < 1.29 is 0 Å². The lowest BCUT2D eigenvalue weighted by molar-refractivity contribution is 0.461. The van der Waals surface area contributed by atoms with Gasteiger partial charge in [-0.1, -0.05) is 0 Å². The number of aliphatic imine (C=N–C) groups is 1. The van der Waals surface area contributed by atoms with Crippen LogP contribution in [0.25, 0.3) is 0 Å². The molecule has 0 amide bonds. The Morgan fingerprint density at radius 2 is 2.27 bits per heavy atom. The second kappa shape index (κ2) is 7.40. The summed E-state index contributed by atoms with van der Waals surface area (Å²) in [6.07, 6.45) is 3.82.